The molecule has 0 heterocycles. The number of benzene rings is 3. The summed E-state index contributed by atoms with van der Waals surface area (Å²) in [5.74, 6) is -8.63. The van der Waals surface area contributed by atoms with E-state index in [-0.39, 0.29) is 29.2 Å². The summed E-state index contributed by atoms with van der Waals surface area (Å²) >= 11 is 0. The minimum Gasteiger partial charge on any atom is -0.429 e. The standard InChI is InChI=1S/C36H38F8O2/c1-45-15-3-2-4-21-5-7-22(8-6-21)23-9-11-24(12-10-23)25-13-14-28(29(37)16-25)26-17-30(38)34(31(39)18-26)36(43,44)46-27-19-32(40)35(42)33(41)20-27/h13-14,16-24H,2-12,15H2,1H3. The van der Waals surface area contributed by atoms with Crippen LogP contribution in [0.15, 0.2) is 42.5 Å². The fourth-order valence-electron chi connectivity index (χ4n) is 7.37. The second kappa shape index (κ2) is 14.7. The van der Waals surface area contributed by atoms with E-state index >= 15 is 4.39 Å². The average molecular weight is 655 g/mol. The van der Waals surface area contributed by atoms with Crippen LogP contribution in [0, 0.1) is 52.7 Å². The first-order chi connectivity index (χ1) is 22.0. The van der Waals surface area contributed by atoms with Crippen LogP contribution in [0.3, 0.4) is 0 Å². The molecule has 0 spiro atoms. The van der Waals surface area contributed by atoms with Crippen LogP contribution in [-0.4, -0.2) is 13.7 Å². The Morgan fingerprint density at radius 1 is 0.674 bits per heavy atom. The molecule has 2 fully saturated rings. The average Bonchev–Trinajstić information content (AvgIpc) is 3.01. The normalized spacial score (nSPS) is 22.2. The predicted octanol–water partition coefficient (Wildman–Crippen LogP) is 11.2. The van der Waals surface area contributed by atoms with E-state index in [1.807, 2.05) is 0 Å². The molecule has 2 aliphatic carbocycles. The summed E-state index contributed by atoms with van der Waals surface area (Å²) in [6, 6.07) is 5.76. The summed E-state index contributed by atoms with van der Waals surface area (Å²) in [4.78, 5) is 0. The minimum absolute atomic E-state index is 0.123. The zero-order valence-corrected chi connectivity index (χ0v) is 25.7. The minimum atomic E-state index is -4.73. The second-order valence-corrected chi connectivity index (χ2v) is 12.8. The summed E-state index contributed by atoms with van der Waals surface area (Å²) in [6.45, 7) is 0.823. The summed E-state index contributed by atoms with van der Waals surface area (Å²) < 4.78 is 124. The van der Waals surface area contributed by atoms with Crippen LogP contribution >= 0.6 is 0 Å². The third kappa shape index (κ3) is 7.86. The Bertz CT molecular complexity index is 1450. The smallest absolute Gasteiger partial charge is 0.429 e. The molecule has 10 heteroatoms. The van der Waals surface area contributed by atoms with Crippen LogP contribution in [0.25, 0.3) is 11.1 Å². The van der Waals surface area contributed by atoms with E-state index in [9.17, 15) is 30.7 Å². The molecular weight excluding hydrogens is 616 g/mol. The lowest BCUT2D eigenvalue weighted by molar-refractivity contribution is -0.189. The number of alkyl halides is 2. The molecule has 0 aromatic heterocycles. The topological polar surface area (TPSA) is 18.5 Å². The molecule has 0 bridgehead atoms. The van der Waals surface area contributed by atoms with Gasteiger partial charge in [-0.3, -0.25) is 0 Å². The first-order valence-electron chi connectivity index (χ1n) is 16.0. The summed E-state index contributed by atoms with van der Waals surface area (Å²) in [5.41, 5.74) is -1.54. The van der Waals surface area contributed by atoms with Gasteiger partial charge in [-0.1, -0.05) is 37.8 Å². The quantitative estimate of drug-likeness (QED) is 0.116. The van der Waals surface area contributed by atoms with Gasteiger partial charge in [-0.05, 0) is 97.9 Å². The Balaban J connectivity index is 1.20. The van der Waals surface area contributed by atoms with E-state index in [1.54, 1.807) is 13.2 Å². The maximum Gasteiger partial charge on any atom is 0.432 e. The largest absolute Gasteiger partial charge is 0.432 e. The van der Waals surface area contributed by atoms with Crippen LogP contribution in [0.5, 0.6) is 5.75 Å². The Morgan fingerprint density at radius 2 is 1.26 bits per heavy atom. The molecule has 0 amide bonds. The Hall–Kier alpha value is -3.14. The van der Waals surface area contributed by atoms with Crippen molar-refractivity contribution >= 4 is 0 Å². The van der Waals surface area contributed by atoms with Gasteiger partial charge in [-0.15, -0.1) is 0 Å². The number of hydrogen-bond donors (Lipinski definition) is 0. The molecule has 2 nitrogen and oxygen atoms in total. The maximum absolute atomic E-state index is 15.3. The number of ether oxygens (including phenoxy) is 2. The molecule has 2 saturated carbocycles. The summed E-state index contributed by atoms with van der Waals surface area (Å²) in [6.07, 6.45) is 7.97. The van der Waals surface area contributed by atoms with Gasteiger partial charge in [0.2, 0.25) is 0 Å². The van der Waals surface area contributed by atoms with Crippen molar-refractivity contribution in [2.45, 2.75) is 82.7 Å². The number of rotatable bonds is 11. The Morgan fingerprint density at radius 3 is 1.83 bits per heavy atom. The van der Waals surface area contributed by atoms with Gasteiger partial charge in [0.25, 0.3) is 0 Å². The van der Waals surface area contributed by atoms with Crippen molar-refractivity contribution < 1.29 is 44.6 Å². The van der Waals surface area contributed by atoms with Gasteiger partial charge < -0.3 is 9.47 Å². The molecule has 3 aromatic carbocycles. The van der Waals surface area contributed by atoms with Gasteiger partial charge >= 0.3 is 6.11 Å². The van der Waals surface area contributed by atoms with Gasteiger partial charge in [-0.2, -0.15) is 8.78 Å². The lowest BCUT2D eigenvalue weighted by Gasteiger charge is -2.38. The fraction of sp³-hybridized carbons (Fsp3) is 0.500. The van der Waals surface area contributed by atoms with Gasteiger partial charge in [0.15, 0.2) is 17.5 Å². The van der Waals surface area contributed by atoms with Crippen molar-refractivity contribution in [3.05, 3.63) is 88.5 Å². The molecule has 0 atom stereocenters. The van der Waals surface area contributed by atoms with Gasteiger partial charge in [0.05, 0.1) is 0 Å². The zero-order valence-electron chi connectivity index (χ0n) is 25.7. The maximum atomic E-state index is 15.3. The highest BCUT2D eigenvalue weighted by molar-refractivity contribution is 5.65. The highest BCUT2D eigenvalue weighted by atomic mass is 19.3. The van der Waals surface area contributed by atoms with E-state index < -0.39 is 52.3 Å². The lowest BCUT2D eigenvalue weighted by Crippen LogP contribution is -2.25. The number of halogens is 8. The van der Waals surface area contributed by atoms with Crippen LogP contribution in [0.2, 0.25) is 0 Å². The van der Waals surface area contributed by atoms with Crippen molar-refractivity contribution in [1.82, 2.24) is 0 Å². The van der Waals surface area contributed by atoms with E-state index in [0.717, 1.165) is 56.1 Å². The molecule has 0 N–H and O–H groups in total. The van der Waals surface area contributed by atoms with Crippen molar-refractivity contribution in [2.75, 3.05) is 13.7 Å². The van der Waals surface area contributed by atoms with Crippen LogP contribution in [-0.2, 0) is 10.8 Å². The summed E-state index contributed by atoms with van der Waals surface area (Å²) in [5, 5.41) is 0. The number of hydrogen-bond acceptors (Lipinski definition) is 2. The molecular formula is C36H38F8O2. The zero-order chi connectivity index (χ0) is 33.0. The first-order valence-corrected chi connectivity index (χ1v) is 16.0. The SMILES string of the molecule is COCCCCC1CCC(C2CCC(c3ccc(-c4cc(F)c(C(F)(F)Oc5cc(F)c(F)c(F)c5)c(F)c4)c(F)c3)CC2)CC1. The van der Waals surface area contributed by atoms with Crippen molar-refractivity contribution in [3.8, 4) is 16.9 Å². The third-order valence-electron chi connectivity index (χ3n) is 9.85. The van der Waals surface area contributed by atoms with E-state index in [1.165, 1.54) is 50.7 Å². The lowest BCUT2D eigenvalue weighted by atomic mass is 9.68. The molecule has 0 saturated heterocycles. The van der Waals surface area contributed by atoms with Crippen LogP contribution < -0.4 is 4.74 Å². The van der Waals surface area contributed by atoms with Crippen LogP contribution in [0.4, 0.5) is 35.1 Å². The molecule has 5 rings (SSSR count). The molecule has 2 aliphatic rings. The highest BCUT2D eigenvalue weighted by Gasteiger charge is 2.42. The molecule has 250 valence electrons. The van der Waals surface area contributed by atoms with E-state index in [4.69, 9.17) is 4.74 Å². The molecule has 0 unspecified atom stereocenters. The van der Waals surface area contributed by atoms with Crippen molar-refractivity contribution in [1.29, 1.82) is 0 Å². The second-order valence-electron chi connectivity index (χ2n) is 12.8. The molecule has 3 aromatic rings. The van der Waals surface area contributed by atoms with Crippen LogP contribution in [0.1, 0.15) is 87.7 Å². The van der Waals surface area contributed by atoms with Crippen molar-refractivity contribution in [2.24, 2.45) is 17.8 Å². The molecule has 0 radical (unpaired) electrons. The van der Waals surface area contributed by atoms with Gasteiger partial charge in [0, 0.05) is 31.4 Å². The highest BCUT2D eigenvalue weighted by Crippen LogP contribution is 2.45. The Kier molecular flexibility index (Phi) is 11.0. The predicted molar refractivity (Wildman–Crippen MR) is 158 cm³/mol. The molecule has 0 aliphatic heterocycles. The van der Waals surface area contributed by atoms with Gasteiger partial charge in [0.1, 0.15) is 28.8 Å². The Labute approximate surface area is 264 Å². The van der Waals surface area contributed by atoms with Crippen molar-refractivity contribution in [3.63, 3.8) is 0 Å². The molecule has 46 heavy (non-hydrogen) atoms. The third-order valence-corrected chi connectivity index (χ3v) is 9.85. The fourth-order valence-corrected chi connectivity index (χ4v) is 7.37. The van der Waals surface area contributed by atoms with E-state index in [2.05, 4.69) is 4.74 Å². The summed E-state index contributed by atoms with van der Waals surface area (Å²) in [7, 11) is 1.74. The van der Waals surface area contributed by atoms with E-state index in [0.29, 0.717) is 18.1 Å². The first kappa shape index (κ1) is 34.2. The monoisotopic (exact) mass is 654 g/mol. The van der Waals surface area contributed by atoms with Gasteiger partial charge in [-0.25, -0.2) is 26.3 Å². The number of unbranched alkanes of at least 4 members (excludes halogenated alkanes) is 1. The number of methoxy groups -OCH3 is 1.